The lowest BCUT2D eigenvalue weighted by Gasteiger charge is -2.30. The van der Waals surface area contributed by atoms with Gasteiger partial charge in [-0.15, -0.1) is 0 Å². The second kappa shape index (κ2) is 5.48. The van der Waals surface area contributed by atoms with E-state index in [9.17, 15) is 9.90 Å². The summed E-state index contributed by atoms with van der Waals surface area (Å²) in [6, 6.07) is 12.6. The molecule has 2 aromatic carbocycles. The number of nitrogens with two attached hydrogens (primary N) is 1. The van der Waals surface area contributed by atoms with E-state index in [4.69, 9.17) is 5.73 Å². The second-order valence-corrected chi connectivity index (χ2v) is 5.38. The topological polar surface area (TPSA) is 66.6 Å². The van der Waals surface area contributed by atoms with Crippen molar-refractivity contribution >= 4 is 17.3 Å². The van der Waals surface area contributed by atoms with E-state index >= 15 is 0 Å². The molecule has 3 rings (SSSR count). The largest absolute Gasteiger partial charge is 0.508 e. The number of hydrogen-bond acceptors (Lipinski definition) is 3. The van der Waals surface area contributed by atoms with E-state index in [0.717, 1.165) is 24.1 Å². The number of carbonyl (C=O) groups excluding carboxylic acids is 1. The highest BCUT2D eigenvalue weighted by atomic mass is 16.3. The molecule has 0 spiro atoms. The van der Waals surface area contributed by atoms with Crippen LogP contribution in [0, 0.1) is 0 Å². The van der Waals surface area contributed by atoms with Gasteiger partial charge in [-0.25, -0.2) is 0 Å². The van der Waals surface area contributed by atoms with Gasteiger partial charge in [-0.05, 0) is 48.2 Å². The summed E-state index contributed by atoms with van der Waals surface area (Å²) in [5, 5.41) is 9.49. The van der Waals surface area contributed by atoms with E-state index in [-0.39, 0.29) is 18.1 Å². The second-order valence-electron chi connectivity index (χ2n) is 5.38. The summed E-state index contributed by atoms with van der Waals surface area (Å²) in [7, 11) is 0. The first kappa shape index (κ1) is 13.5. The first-order chi connectivity index (χ1) is 10.1. The van der Waals surface area contributed by atoms with Gasteiger partial charge in [0.15, 0.2) is 0 Å². The van der Waals surface area contributed by atoms with Crippen molar-refractivity contribution in [2.24, 2.45) is 0 Å². The minimum atomic E-state index is 0.0344. The Morgan fingerprint density at radius 2 is 2.10 bits per heavy atom. The summed E-state index contributed by atoms with van der Waals surface area (Å²) in [6.45, 7) is 0.716. The molecule has 0 radical (unpaired) electrons. The van der Waals surface area contributed by atoms with Crippen molar-refractivity contribution in [3.8, 4) is 5.75 Å². The Balaban J connectivity index is 1.85. The van der Waals surface area contributed by atoms with Crippen molar-refractivity contribution in [2.45, 2.75) is 19.3 Å². The van der Waals surface area contributed by atoms with Gasteiger partial charge in [0.05, 0.1) is 6.42 Å². The molecule has 4 nitrogen and oxygen atoms in total. The molecule has 108 valence electrons. The van der Waals surface area contributed by atoms with Gasteiger partial charge in [0.25, 0.3) is 0 Å². The van der Waals surface area contributed by atoms with Crippen LogP contribution in [0.3, 0.4) is 0 Å². The number of fused-ring (bicyclic) bond motifs is 1. The normalized spacial score (nSPS) is 13.8. The van der Waals surface area contributed by atoms with Crippen LogP contribution in [0.5, 0.6) is 5.75 Å². The average molecular weight is 282 g/mol. The predicted octanol–water partition coefficient (Wildman–Crippen LogP) is 2.50. The van der Waals surface area contributed by atoms with Crippen LogP contribution in [0.2, 0.25) is 0 Å². The zero-order valence-corrected chi connectivity index (χ0v) is 11.7. The summed E-state index contributed by atoms with van der Waals surface area (Å²) in [4.78, 5) is 14.4. The fourth-order valence-corrected chi connectivity index (χ4v) is 2.79. The molecule has 21 heavy (non-hydrogen) atoms. The lowest BCUT2D eigenvalue weighted by Crippen LogP contribution is -2.36. The number of nitrogens with zero attached hydrogens (tertiary/aromatic N) is 1. The highest BCUT2D eigenvalue weighted by Gasteiger charge is 2.22. The van der Waals surface area contributed by atoms with Crippen molar-refractivity contribution in [1.29, 1.82) is 0 Å². The summed E-state index contributed by atoms with van der Waals surface area (Å²) in [5.41, 5.74) is 9.42. The summed E-state index contributed by atoms with van der Waals surface area (Å²) in [6.07, 6.45) is 2.22. The SMILES string of the molecule is Nc1ccc2c(c1)N(C(=O)Cc1cccc(O)c1)CCC2. The van der Waals surface area contributed by atoms with Gasteiger partial charge in [-0.1, -0.05) is 18.2 Å². The summed E-state index contributed by atoms with van der Waals surface area (Å²) in [5.74, 6) is 0.218. The Morgan fingerprint density at radius 1 is 1.24 bits per heavy atom. The third-order valence-electron chi connectivity index (χ3n) is 3.79. The van der Waals surface area contributed by atoms with Gasteiger partial charge < -0.3 is 15.7 Å². The number of carbonyl (C=O) groups is 1. The molecule has 4 heteroatoms. The minimum Gasteiger partial charge on any atom is -0.508 e. The summed E-state index contributed by atoms with van der Waals surface area (Å²) >= 11 is 0. The Kier molecular flexibility index (Phi) is 3.52. The number of phenols is 1. The molecular weight excluding hydrogens is 264 g/mol. The monoisotopic (exact) mass is 282 g/mol. The Morgan fingerprint density at radius 3 is 2.90 bits per heavy atom. The number of anilines is 2. The minimum absolute atomic E-state index is 0.0344. The number of phenolic OH excluding ortho intramolecular Hbond substituents is 1. The molecule has 0 unspecified atom stereocenters. The molecule has 1 heterocycles. The molecular formula is C17H18N2O2. The quantitative estimate of drug-likeness (QED) is 0.832. The number of aromatic hydroxyl groups is 1. The maximum atomic E-state index is 12.6. The maximum absolute atomic E-state index is 12.6. The standard InChI is InChI=1S/C17H18N2O2/c18-14-7-6-13-4-2-8-19(16(13)11-14)17(21)10-12-3-1-5-15(20)9-12/h1,3,5-7,9,11,20H,2,4,8,10,18H2. The molecule has 2 aromatic rings. The van der Waals surface area contributed by atoms with E-state index in [2.05, 4.69) is 0 Å². The average Bonchev–Trinajstić information content (AvgIpc) is 2.46. The van der Waals surface area contributed by atoms with E-state index < -0.39 is 0 Å². The molecule has 3 N–H and O–H groups in total. The van der Waals surface area contributed by atoms with Crippen LogP contribution < -0.4 is 10.6 Å². The molecule has 1 aliphatic rings. The van der Waals surface area contributed by atoms with E-state index in [1.165, 1.54) is 5.56 Å². The fourth-order valence-electron chi connectivity index (χ4n) is 2.79. The molecule has 0 aliphatic carbocycles. The zero-order chi connectivity index (χ0) is 14.8. The number of nitrogen functional groups attached to an aromatic ring is 1. The van der Waals surface area contributed by atoms with Crippen molar-refractivity contribution in [1.82, 2.24) is 0 Å². The van der Waals surface area contributed by atoms with Crippen LogP contribution in [-0.4, -0.2) is 17.6 Å². The number of benzene rings is 2. The molecule has 0 aromatic heterocycles. The highest BCUT2D eigenvalue weighted by Crippen LogP contribution is 2.29. The van der Waals surface area contributed by atoms with Crippen molar-refractivity contribution in [3.63, 3.8) is 0 Å². The molecule has 0 fully saturated rings. The number of aryl methyl sites for hydroxylation is 1. The lowest BCUT2D eigenvalue weighted by atomic mass is 10.00. The Hall–Kier alpha value is -2.49. The van der Waals surface area contributed by atoms with Crippen molar-refractivity contribution < 1.29 is 9.90 Å². The lowest BCUT2D eigenvalue weighted by molar-refractivity contribution is -0.118. The molecule has 1 aliphatic heterocycles. The van der Waals surface area contributed by atoms with Crippen LogP contribution in [0.25, 0.3) is 0 Å². The molecule has 1 amide bonds. The predicted molar refractivity (Wildman–Crippen MR) is 83.3 cm³/mol. The molecule has 0 saturated heterocycles. The van der Waals surface area contributed by atoms with Gasteiger partial charge in [0, 0.05) is 17.9 Å². The zero-order valence-electron chi connectivity index (χ0n) is 11.7. The summed E-state index contributed by atoms with van der Waals surface area (Å²) < 4.78 is 0. The van der Waals surface area contributed by atoms with Gasteiger partial charge in [0.2, 0.25) is 5.91 Å². The van der Waals surface area contributed by atoms with Gasteiger partial charge >= 0.3 is 0 Å². The third-order valence-corrected chi connectivity index (χ3v) is 3.79. The first-order valence-corrected chi connectivity index (χ1v) is 7.10. The number of hydrogen-bond donors (Lipinski definition) is 2. The van der Waals surface area contributed by atoms with Gasteiger partial charge in [-0.2, -0.15) is 0 Å². The fraction of sp³-hybridized carbons (Fsp3) is 0.235. The van der Waals surface area contributed by atoms with Crippen molar-refractivity contribution in [3.05, 3.63) is 53.6 Å². The first-order valence-electron chi connectivity index (χ1n) is 7.10. The van der Waals surface area contributed by atoms with E-state index in [0.29, 0.717) is 12.2 Å². The van der Waals surface area contributed by atoms with Gasteiger partial charge in [0.1, 0.15) is 5.75 Å². The van der Waals surface area contributed by atoms with E-state index in [1.807, 2.05) is 24.3 Å². The van der Waals surface area contributed by atoms with Crippen LogP contribution in [0.4, 0.5) is 11.4 Å². The maximum Gasteiger partial charge on any atom is 0.231 e. The number of rotatable bonds is 2. The van der Waals surface area contributed by atoms with E-state index in [1.54, 1.807) is 23.1 Å². The molecule has 0 saturated carbocycles. The number of amides is 1. The Labute approximate surface area is 123 Å². The van der Waals surface area contributed by atoms with Crippen LogP contribution in [0.15, 0.2) is 42.5 Å². The van der Waals surface area contributed by atoms with Gasteiger partial charge in [-0.3, -0.25) is 4.79 Å². The molecule has 0 atom stereocenters. The molecule has 0 bridgehead atoms. The highest BCUT2D eigenvalue weighted by molar-refractivity contribution is 5.96. The smallest absolute Gasteiger partial charge is 0.231 e. The van der Waals surface area contributed by atoms with Crippen LogP contribution >= 0.6 is 0 Å². The van der Waals surface area contributed by atoms with Crippen LogP contribution in [0.1, 0.15) is 17.5 Å². The van der Waals surface area contributed by atoms with Crippen LogP contribution in [-0.2, 0) is 17.6 Å². The van der Waals surface area contributed by atoms with Crippen molar-refractivity contribution in [2.75, 3.05) is 17.2 Å². The third kappa shape index (κ3) is 2.84. The Bertz CT molecular complexity index is 682.